The Balaban J connectivity index is 2.73. The lowest BCUT2D eigenvalue weighted by Gasteiger charge is -2.16. The molecule has 15 heavy (non-hydrogen) atoms. The molecule has 0 amide bonds. The third-order valence-electron chi connectivity index (χ3n) is 2.24. The fraction of sp³-hybridized carbons (Fsp3) is 0.333. The molecule has 0 fully saturated rings. The lowest BCUT2D eigenvalue weighted by atomic mass is 10.2. The first-order valence-corrected chi connectivity index (χ1v) is 7.29. The van der Waals surface area contributed by atoms with Gasteiger partial charge in [0.25, 0.3) is 9.04 Å². The van der Waals surface area contributed by atoms with Gasteiger partial charge in [0.1, 0.15) is 5.75 Å². The summed E-state index contributed by atoms with van der Waals surface area (Å²) in [5.74, 6) is 0.933. The molecule has 1 rings (SSSR count). The molecule has 0 aromatic heterocycles. The fourth-order valence-corrected chi connectivity index (χ4v) is 2.77. The Hall–Kier alpha value is -1.06. The van der Waals surface area contributed by atoms with Gasteiger partial charge in [0.2, 0.25) is 0 Å². The number of benzene rings is 1. The van der Waals surface area contributed by atoms with E-state index in [-0.39, 0.29) is 0 Å². The molecule has 0 aliphatic rings. The summed E-state index contributed by atoms with van der Waals surface area (Å²) in [7, 11) is 0.469. The van der Waals surface area contributed by atoms with Crippen LogP contribution in [0.25, 0.3) is 6.08 Å². The molecule has 0 spiro atoms. The summed E-state index contributed by atoms with van der Waals surface area (Å²) in [5.41, 5.74) is 1.06. The van der Waals surface area contributed by atoms with Crippen LogP contribution in [0.5, 0.6) is 5.75 Å². The topological polar surface area (TPSA) is 18.5 Å². The van der Waals surface area contributed by atoms with Crippen molar-refractivity contribution >= 4 is 15.1 Å². The van der Waals surface area contributed by atoms with Gasteiger partial charge in [-0.2, -0.15) is 0 Å². The Morgan fingerprint density at radius 3 is 2.73 bits per heavy atom. The molecule has 82 valence electrons. The highest BCUT2D eigenvalue weighted by Crippen LogP contribution is 2.20. The van der Waals surface area contributed by atoms with Gasteiger partial charge in [-0.3, -0.25) is 0 Å². The minimum atomic E-state index is -1.25. The van der Waals surface area contributed by atoms with Gasteiger partial charge >= 0.3 is 0 Å². The van der Waals surface area contributed by atoms with Crippen LogP contribution in [0.2, 0.25) is 6.04 Å². The van der Waals surface area contributed by atoms with E-state index >= 15 is 0 Å². The molecule has 3 heteroatoms. The molecule has 0 N–H and O–H groups in total. The molecular formula is C12H18O2Si. The van der Waals surface area contributed by atoms with Gasteiger partial charge < -0.3 is 9.16 Å². The van der Waals surface area contributed by atoms with Gasteiger partial charge in [-0.1, -0.05) is 37.8 Å². The van der Waals surface area contributed by atoms with E-state index < -0.39 is 9.04 Å². The van der Waals surface area contributed by atoms with Crippen molar-refractivity contribution < 1.29 is 9.16 Å². The van der Waals surface area contributed by atoms with Crippen LogP contribution in [0.15, 0.2) is 30.8 Å². The summed E-state index contributed by atoms with van der Waals surface area (Å²) in [4.78, 5) is 0. The molecule has 1 atom stereocenters. The van der Waals surface area contributed by atoms with Crippen LogP contribution in [0.1, 0.15) is 12.5 Å². The highest BCUT2D eigenvalue weighted by molar-refractivity contribution is 6.52. The Kier molecular flexibility index (Phi) is 5.14. The van der Waals surface area contributed by atoms with Crippen LogP contribution in [0.3, 0.4) is 0 Å². The van der Waals surface area contributed by atoms with E-state index in [2.05, 4.69) is 13.5 Å². The Bertz CT molecular complexity index is 312. The fourth-order valence-electron chi connectivity index (χ4n) is 1.36. The van der Waals surface area contributed by atoms with Crippen LogP contribution in [-0.4, -0.2) is 22.4 Å². The summed E-state index contributed by atoms with van der Waals surface area (Å²) in [6, 6.07) is 9.04. The van der Waals surface area contributed by atoms with E-state index in [1.807, 2.05) is 30.3 Å². The number of ether oxygens (including phenoxy) is 1. The molecule has 1 aromatic rings. The second-order valence-electron chi connectivity index (χ2n) is 3.35. The number of rotatable bonds is 6. The highest BCUT2D eigenvalue weighted by atomic mass is 28.3. The van der Waals surface area contributed by atoms with Crippen molar-refractivity contribution in [3.8, 4) is 5.75 Å². The first-order chi connectivity index (χ1) is 7.31. The lowest BCUT2D eigenvalue weighted by Crippen LogP contribution is -2.27. The van der Waals surface area contributed by atoms with Crippen molar-refractivity contribution in [2.75, 3.05) is 13.3 Å². The van der Waals surface area contributed by atoms with Crippen molar-refractivity contribution in [1.82, 2.24) is 0 Å². The molecule has 0 saturated heterocycles. The molecule has 0 heterocycles. The molecule has 0 aliphatic heterocycles. The molecule has 0 bridgehead atoms. The van der Waals surface area contributed by atoms with E-state index in [1.54, 1.807) is 7.11 Å². The molecule has 0 saturated carbocycles. The zero-order chi connectivity index (χ0) is 11.1. The molecular weight excluding hydrogens is 204 g/mol. The monoisotopic (exact) mass is 222 g/mol. The third kappa shape index (κ3) is 3.53. The van der Waals surface area contributed by atoms with Crippen molar-refractivity contribution in [3.63, 3.8) is 0 Å². The first kappa shape index (κ1) is 12.0. The average Bonchev–Trinajstić information content (AvgIpc) is 2.29. The van der Waals surface area contributed by atoms with Crippen LogP contribution in [-0.2, 0) is 4.74 Å². The van der Waals surface area contributed by atoms with Gasteiger partial charge in [-0.05, 0) is 12.1 Å². The highest BCUT2D eigenvalue weighted by Gasteiger charge is 2.11. The summed E-state index contributed by atoms with van der Waals surface area (Å²) in [6.45, 7) is 5.92. The maximum atomic E-state index is 5.97. The lowest BCUT2D eigenvalue weighted by molar-refractivity contribution is 0.238. The Labute approximate surface area is 93.3 Å². The zero-order valence-electron chi connectivity index (χ0n) is 9.40. The first-order valence-electron chi connectivity index (χ1n) is 5.18. The summed E-state index contributed by atoms with van der Waals surface area (Å²) in [6.07, 6.45) is 2.57. The van der Waals surface area contributed by atoms with Gasteiger partial charge in [-0.15, -0.1) is 0 Å². The van der Waals surface area contributed by atoms with Crippen molar-refractivity contribution in [2.24, 2.45) is 0 Å². The summed E-state index contributed by atoms with van der Waals surface area (Å²) < 4.78 is 11.1. The summed E-state index contributed by atoms with van der Waals surface area (Å²) in [5, 5.41) is 0. The second-order valence-corrected chi connectivity index (χ2v) is 5.97. The minimum Gasteiger partial charge on any atom is -0.544 e. The molecule has 0 radical (unpaired) electrons. The van der Waals surface area contributed by atoms with Gasteiger partial charge in [0, 0.05) is 12.7 Å². The number of hydrogen-bond donors (Lipinski definition) is 0. The van der Waals surface area contributed by atoms with Gasteiger partial charge in [0.05, 0.1) is 6.23 Å². The maximum absolute atomic E-state index is 5.97. The molecule has 0 aliphatic carbocycles. The number of para-hydroxylation sites is 1. The maximum Gasteiger partial charge on any atom is 0.260 e. The van der Waals surface area contributed by atoms with E-state index in [9.17, 15) is 0 Å². The van der Waals surface area contributed by atoms with E-state index in [1.165, 1.54) is 0 Å². The standard InChI is InChI=1S/C12H18O2Si/c1-4-11-8-6-7-9-12(11)14-15(5-2)10-13-3/h4,6-9,15H,1,5,10H2,2-3H3. The predicted molar refractivity (Wildman–Crippen MR) is 66.7 cm³/mol. The van der Waals surface area contributed by atoms with Crippen LogP contribution in [0, 0.1) is 0 Å². The molecule has 2 nitrogen and oxygen atoms in total. The van der Waals surface area contributed by atoms with Crippen LogP contribution >= 0.6 is 0 Å². The van der Waals surface area contributed by atoms with Gasteiger partial charge in [-0.25, -0.2) is 0 Å². The minimum absolute atomic E-state index is 0.752. The normalized spacial score (nSPS) is 12.1. The summed E-state index contributed by atoms with van der Waals surface area (Å²) >= 11 is 0. The van der Waals surface area contributed by atoms with Crippen LogP contribution < -0.4 is 4.43 Å². The largest absolute Gasteiger partial charge is 0.544 e. The van der Waals surface area contributed by atoms with Gasteiger partial charge in [0.15, 0.2) is 0 Å². The number of methoxy groups -OCH3 is 1. The predicted octanol–water partition coefficient (Wildman–Crippen LogP) is 2.64. The van der Waals surface area contributed by atoms with Crippen molar-refractivity contribution in [3.05, 3.63) is 36.4 Å². The smallest absolute Gasteiger partial charge is 0.260 e. The SMILES string of the molecule is C=Cc1ccccc1O[SiH](CC)COC. The number of hydrogen-bond acceptors (Lipinski definition) is 2. The zero-order valence-corrected chi connectivity index (χ0v) is 10.6. The quantitative estimate of drug-likeness (QED) is 0.689. The van der Waals surface area contributed by atoms with Crippen molar-refractivity contribution in [1.29, 1.82) is 0 Å². The molecule has 1 aromatic carbocycles. The van der Waals surface area contributed by atoms with E-state index in [0.717, 1.165) is 23.6 Å². The van der Waals surface area contributed by atoms with Crippen molar-refractivity contribution in [2.45, 2.75) is 13.0 Å². The van der Waals surface area contributed by atoms with E-state index in [4.69, 9.17) is 9.16 Å². The Morgan fingerprint density at radius 2 is 2.13 bits per heavy atom. The Morgan fingerprint density at radius 1 is 1.40 bits per heavy atom. The third-order valence-corrected chi connectivity index (χ3v) is 4.44. The second kappa shape index (κ2) is 6.43. The van der Waals surface area contributed by atoms with E-state index in [0.29, 0.717) is 0 Å². The molecule has 1 unspecified atom stereocenters. The van der Waals surface area contributed by atoms with Crippen LogP contribution in [0.4, 0.5) is 0 Å². The average molecular weight is 222 g/mol.